The zero-order valence-electron chi connectivity index (χ0n) is 42.4. The van der Waals surface area contributed by atoms with Crippen LogP contribution in [0.15, 0.2) is 12.2 Å². The van der Waals surface area contributed by atoms with Crippen LogP contribution in [0.5, 0.6) is 0 Å². The molecule has 4 amide bonds. The second kappa shape index (κ2) is 31.9. The summed E-state index contributed by atoms with van der Waals surface area (Å²) in [7, 11) is 0. The molecule has 25 nitrogen and oxygen atoms in total. The summed E-state index contributed by atoms with van der Waals surface area (Å²) in [5.41, 5.74) is 0. The summed E-state index contributed by atoms with van der Waals surface area (Å²) in [6.07, 6.45) is -8.64. The number of nitrogens with one attached hydrogen (secondary N) is 4. The van der Waals surface area contributed by atoms with Crippen molar-refractivity contribution in [2.75, 3.05) is 26.4 Å². The monoisotopic (exact) mass is 1050 g/mol. The van der Waals surface area contributed by atoms with Gasteiger partial charge in [0.05, 0.1) is 26.4 Å². The fourth-order valence-electron chi connectivity index (χ4n) is 9.55. The first-order valence-corrected chi connectivity index (χ1v) is 25.8. The van der Waals surface area contributed by atoms with E-state index in [4.69, 9.17) is 33.2 Å². The van der Waals surface area contributed by atoms with Crippen LogP contribution in [-0.4, -0.2) is 224 Å². The molecule has 0 aromatic carbocycles. The molecule has 0 bridgehead atoms. The van der Waals surface area contributed by atoms with Gasteiger partial charge in [-0.05, 0) is 32.1 Å². The van der Waals surface area contributed by atoms with E-state index >= 15 is 0 Å². The average Bonchev–Trinajstić information content (AvgIpc) is 3.35. The predicted octanol–water partition coefficient (Wildman–Crippen LogP) is -3.16. The summed E-state index contributed by atoms with van der Waals surface area (Å²) in [6.45, 7) is 2.04. The molecule has 14 N–H and O–H groups in total. The van der Waals surface area contributed by atoms with Gasteiger partial charge in [-0.3, -0.25) is 19.2 Å². The molecule has 73 heavy (non-hydrogen) atoms. The van der Waals surface area contributed by atoms with Gasteiger partial charge in [-0.1, -0.05) is 70.4 Å². The molecular weight excluding hydrogens is 969 g/mol. The van der Waals surface area contributed by atoms with E-state index in [-0.39, 0.29) is 6.42 Å². The van der Waals surface area contributed by atoms with Crippen LogP contribution in [0.3, 0.4) is 0 Å². The summed E-state index contributed by atoms with van der Waals surface area (Å²) in [4.78, 5) is 50.3. The Labute approximate surface area is 426 Å². The van der Waals surface area contributed by atoms with Crippen LogP contribution >= 0.6 is 0 Å². The Kier molecular flexibility index (Phi) is 27.3. The van der Waals surface area contributed by atoms with Gasteiger partial charge in [0.2, 0.25) is 23.6 Å². The zero-order chi connectivity index (χ0) is 53.8. The van der Waals surface area contributed by atoms with Gasteiger partial charge < -0.3 is 105 Å². The van der Waals surface area contributed by atoms with E-state index in [2.05, 4.69) is 40.3 Å². The highest BCUT2D eigenvalue weighted by Crippen LogP contribution is 2.34. The van der Waals surface area contributed by atoms with Crippen molar-refractivity contribution in [1.29, 1.82) is 0 Å². The lowest BCUT2D eigenvalue weighted by atomic mass is 9.93. The lowest BCUT2D eigenvalue weighted by Gasteiger charge is -2.51. The molecule has 4 aliphatic rings. The Morgan fingerprint density at radius 1 is 0.438 bits per heavy atom. The topological polar surface area (TPSA) is 383 Å². The SMILES string of the molecule is CCCCCCCC/C=C\CCCCCCCC(=O)N[C@H]1[C@H](O[C@H]2[C@H](O)[C@@H](NC(C)=O)[C@H](O[C@H]3[C@H](O)[C@@H](NC(C)=O)[C@H](O[C@H]4[C@H](O)[C@@H](NC(C)=O)C(O)O[C@@H]4CO)O[C@@H]3CO)O[C@@H]2CO)O[C@H](CO)[C@@H](O)[C@@H]1O. The van der Waals surface area contributed by atoms with Crippen molar-refractivity contribution in [2.24, 2.45) is 0 Å². The van der Waals surface area contributed by atoms with Gasteiger partial charge in [-0.25, -0.2) is 0 Å². The third-order valence-corrected chi connectivity index (χ3v) is 13.4. The molecule has 4 rings (SSSR count). The number of hydrogen-bond donors (Lipinski definition) is 14. The van der Waals surface area contributed by atoms with Crippen molar-refractivity contribution in [3.05, 3.63) is 12.2 Å². The molecule has 0 aliphatic carbocycles. The van der Waals surface area contributed by atoms with Crippen molar-refractivity contribution in [1.82, 2.24) is 21.3 Å². The van der Waals surface area contributed by atoms with Gasteiger partial charge in [0.1, 0.15) is 97.4 Å². The minimum atomic E-state index is -1.90. The lowest BCUT2D eigenvalue weighted by molar-refractivity contribution is -0.362. The van der Waals surface area contributed by atoms with Crippen LogP contribution in [0.1, 0.15) is 118 Å². The first-order chi connectivity index (χ1) is 34.9. The summed E-state index contributed by atoms with van der Waals surface area (Å²) >= 11 is 0. The largest absolute Gasteiger partial charge is 0.394 e. The Bertz CT molecular complexity index is 1690. The van der Waals surface area contributed by atoms with Crippen molar-refractivity contribution >= 4 is 23.6 Å². The van der Waals surface area contributed by atoms with Crippen molar-refractivity contribution < 1.29 is 103 Å². The Balaban J connectivity index is 1.44. The van der Waals surface area contributed by atoms with Crippen molar-refractivity contribution in [2.45, 2.75) is 240 Å². The van der Waals surface area contributed by atoms with E-state index in [0.29, 0.717) is 6.42 Å². The summed E-state index contributed by atoms with van der Waals surface area (Å²) in [5.74, 6) is -2.66. The number of aliphatic hydroxyl groups is 10. The molecule has 4 fully saturated rings. The first-order valence-electron chi connectivity index (χ1n) is 25.8. The third kappa shape index (κ3) is 18.3. The van der Waals surface area contributed by atoms with E-state index in [1.54, 1.807) is 0 Å². The minimum absolute atomic E-state index is 0.0518. The standard InChI is InChI=1S/C48H84N4O21/c1-5-6-7-8-9-10-11-12-13-14-15-16-17-18-19-20-32(60)52-34-38(62)37(61)28(21-53)68-46(34)72-43-30(23-55)70-48(36(40(43)64)51-27(4)59)73-44-31(24-56)69-47(35(41(44)65)50-26(3)58)71-42-29(22-54)67-45(66)33(39(42)63)49-25(2)57/h12-13,28-31,33-48,53-56,61-66H,5-11,14-24H2,1-4H3,(H,49,57)(H,50,58)(H,51,59)(H,52,60)/b13-12-/t28-,29-,30-,31-,33-,34-,35-,36-,37-,38-,39-,40-,41-,42-,43-,44-,45?,46+,47+,48+/m1/s1. The molecule has 25 heteroatoms. The number of rotatable bonds is 29. The smallest absolute Gasteiger partial charge is 0.220 e. The fourth-order valence-corrected chi connectivity index (χ4v) is 9.55. The number of unbranched alkanes of at least 4 members (excludes halogenated alkanes) is 11. The molecule has 4 saturated heterocycles. The average molecular weight is 1050 g/mol. The van der Waals surface area contributed by atoms with E-state index in [0.717, 1.165) is 59.3 Å². The molecule has 1 unspecified atom stereocenters. The zero-order valence-corrected chi connectivity index (χ0v) is 42.4. The van der Waals surface area contributed by atoms with Gasteiger partial charge in [0, 0.05) is 27.2 Å². The lowest BCUT2D eigenvalue weighted by Crippen LogP contribution is -2.71. The number of allylic oxidation sites excluding steroid dienone is 2. The van der Waals surface area contributed by atoms with Crippen LogP contribution in [0.25, 0.3) is 0 Å². The molecule has 20 atom stereocenters. The molecule has 0 aromatic heterocycles. The summed E-state index contributed by atoms with van der Waals surface area (Å²) in [6, 6.07) is -6.17. The number of carbonyl (C=O) groups is 4. The molecule has 0 aromatic rings. The van der Waals surface area contributed by atoms with E-state index in [9.17, 15) is 70.2 Å². The second-order valence-electron chi connectivity index (χ2n) is 19.3. The fraction of sp³-hybridized carbons (Fsp3) is 0.875. The predicted molar refractivity (Wildman–Crippen MR) is 254 cm³/mol. The number of amides is 4. The van der Waals surface area contributed by atoms with Gasteiger partial charge in [-0.15, -0.1) is 0 Å². The molecular formula is C48H84N4O21. The molecule has 0 radical (unpaired) electrons. The van der Waals surface area contributed by atoms with E-state index in [1.807, 2.05) is 0 Å². The van der Waals surface area contributed by atoms with Crippen LogP contribution in [-0.2, 0) is 52.3 Å². The van der Waals surface area contributed by atoms with Gasteiger partial charge in [0.15, 0.2) is 25.2 Å². The van der Waals surface area contributed by atoms with Crippen LogP contribution in [0.4, 0.5) is 0 Å². The highest BCUT2D eigenvalue weighted by molar-refractivity contribution is 5.76. The van der Waals surface area contributed by atoms with Crippen molar-refractivity contribution in [3.8, 4) is 0 Å². The van der Waals surface area contributed by atoms with Crippen molar-refractivity contribution in [3.63, 3.8) is 0 Å². The second-order valence-corrected chi connectivity index (χ2v) is 19.3. The normalized spacial score (nSPS) is 36.9. The number of hydrogen-bond acceptors (Lipinski definition) is 21. The highest BCUT2D eigenvalue weighted by atomic mass is 16.8. The highest BCUT2D eigenvalue weighted by Gasteiger charge is 2.56. The molecule has 4 heterocycles. The number of ether oxygens (including phenoxy) is 7. The maximum atomic E-state index is 13.3. The number of carbonyl (C=O) groups excluding carboxylic acids is 4. The molecule has 422 valence electrons. The van der Waals surface area contributed by atoms with E-state index in [1.165, 1.54) is 38.5 Å². The van der Waals surface area contributed by atoms with Gasteiger partial charge in [0.25, 0.3) is 0 Å². The Morgan fingerprint density at radius 3 is 1.22 bits per heavy atom. The molecule has 0 spiro atoms. The van der Waals surface area contributed by atoms with Crippen LogP contribution in [0.2, 0.25) is 0 Å². The maximum Gasteiger partial charge on any atom is 0.220 e. The van der Waals surface area contributed by atoms with Gasteiger partial charge >= 0.3 is 0 Å². The quantitative estimate of drug-likeness (QED) is 0.0260. The molecule has 0 saturated carbocycles. The van der Waals surface area contributed by atoms with E-state index < -0.39 is 173 Å². The van der Waals surface area contributed by atoms with Crippen LogP contribution in [0, 0.1) is 0 Å². The number of aliphatic hydroxyl groups excluding tert-OH is 10. The summed E-state index contributed by atoms with van der Waals surface area (Å²) < 4.78 is 41.4. The maximum absolute atomic E-state index is 13.3. The minimum Gasteiger partial charge on any atom is -0.394 e. The third-order valence-electron chi connectivity index (χ3n) is 13.4. The Hall–Kier alpha value is -3.06. The Morgan fingerprint density at radius 2 is 0.795 bits per heavy atom. The van der Waals surface area contributed by atoms with Gasteiger partial charge in [-0.2, -0.15) is 0 Å². The summed E-state index contributed by atoms with van der Waals surface area (Å²) in [5, 5.41) is 119. The van der Waals surface area contributed by atoms with Crippen LogP contribution < -0.4 is 21.3 Å². The first kappa shape index (κ1) is 62.5. The molecule has 4 aliphatic heterocycles.